The maximum Gasteiger partial charge on any atom is 0.190 e. The highest BCUT2D eigenvalue weighted by Gasteiger charge is 2.27. The molecule has 0 spiro atoms. The van der Waals surface area contributed by atoms with Crippen molar-refractivity contribution >= 4 is 40.9 Å². The normalized spacial score (nSPS) is 23.3. The first kappa shape index (κ1) is 14.3. The number of hydrogen-bond donors (Lipinski definition) is 1. The van der Waals surface area contributed by atoms with Gasteiger partial charge < -0.3 is 5.32 Å². The lowest BCUT2D eigenvalue weighted by molar-refractivity contribution is 0.757. The van der Waals surface area contributed by atoms with E-state index in [-0.39, 0.29) is 0 Å². The largest absolute Gasteiger partial charge is 0.366 e. The van der Waals surface area contributed by atoms with Crippen LogP contribution in [-0.4, -0.2) is 33.3 Å². The maximum atomic E-state index is 6.00. The summed E-state index contributed by atoms with van der Waals surface area (Å²) < 4.78 is 0. The van der Waals surface area contributed by atoms with Gasteiger partial charge in [0.2, 0.25) is 0 Å². The van der Waals surface area contributed by atoms with Crippen molar-refractivity contribution < 1.29 is 0 Å². The number of nitrogens with zero attached hydrogens (tertiary/aromatic N) is 2. The van der Waals surface area contributed by atoms with E-state index in [1.165, 1.54) is 36.8 Å². The highest BCUT2D eigenvalue weighted by Crippen LogP contribution is 2.32. The van der Waals surface area contributed by atoms with E-state index in [0.29, 0.717) is 16.4 Å². The van der Waals surface area contributed by atoms with Crippen molar-refractivity contribution in [3.63, 3.8) is 0 Å². The number of thioether (sulfide) groups is 2. The van der Waals surface area contributed by atoms with Crippen LogP contribution in [0.3, 0.4) is 0 Å². The van der Waals surface area contributed by atoms with Crippen LogP contribution < -0.4 is 5.32 Å². The fraction of sp³-hybridized carbons (Fsp3) is 0.667. The second kappa shape index (κ2) is 6.87. The van der Waals surface area contributed by atoms with Gasteiger partial charge in [-0.05, 0) is 24.9 Å². The summed E-state index contributed by atoms with van der Waals surface area (Å²) in [6, 6.07) is 2.32. The molecule has 0 radical (unpaired) electrons. The zero-order chi connectivity index (χ0) is 13.0. The minimum Gasteiger partial charge on any atom is -0.366 e. The maximum absolute atomic E-state index is 6.00. The highest BCUT2D eigenvalue weighted by molar-refractivity contribution is 7.99. The minimum absolute atomic E-state index is 0.509. The zero-order valence-corrected chi connectivity index (χ0v) is 13.0. The van der Waals surface area contributed by atoms with Gasteiger partial charge in [0.15, 0.2) is 5.16 Å². The second-order valence-corrected chi connectivity index (χ2v) is 6.91. The molecule has 0 amide bonds. The van der Waals surface area contributed by atoms with Crippen molar-refractivity contribution in [1.29, 1.82) is 0 Å². The van der Waals surface area contributed by atoms with Crippen molar-refractivity contribution in [3.05, 3.63) is 11.2 Å². The standard InChI is InChI=1S/C12H18ClN3S2/c1-3-18-9-6-4-5-8(9)14-11-7-10(13)15-12(16-11)17-2/h7-9H,3-6H2,1-2H3,(H,14,15,16). The Bertz CT molecular complexity index is 403. The molecule has 1 aliphatic rings. The van der Waals surface area contributed by atoms with E-state index < -0.39 is 0 Å². The summed E-state index contributed by atoms with van der Waals surface area (Å²) in [5, 5.41) is 5.45. The molecular weight excluding hydrogens is 286 g/mol. The monoisotopic (exact) mass is 303 g/mol. The van der Waals surface area contributed by atoms with Crippen molar-refractivity contribution in [1.82, 2.24) is 9.97 Å². The first-order valence-corrected chi connectivity index (χ1v) is 8.84. The quantitative estimate of drug-likeness (QED) is 0.507. The second-order valence-electron chi connectivity index (χ2n) is 4.24. The summed E-state index contributed by atoms with van der Waals surface area (Å²) in [5.41, 5.74) is 0. The van der Waals surface area contributed by atoms with Gasteiger partial charge in [0, 0.05) is 17.4 Å². The van der Waals surface area contributed by atoms with Crippen LogP contribution in [0.5, 0.6) is 0 Å². The Morgan fingerprint density at radius 1 is 1.44 bits per heavy atom. The Balaban J connectivity index is 2.06. The topological polar surface area (TPSA) is 37.8 Å². The molecular formula is C12H18ClN3S2. The molecule has 18 heavy (non-hydrogen) atoms. The molecule has 100 valence electrons. The molecule has 0 aliphatic heterocycles. The number of rotatable bonds is 5. The van der Waals surface area contributed by atoms with E-state index in [2.05, 4.69) is 22.2 Å². The first-order chi connectivity index (χ1) is 8.72. The number of anilines is 1. The molecule has 1 aromatic rings. The molecule has 0 bridgehead atoms. The Labute approximate surface area is 122 Å². The van der Waals surface area contributed by atoms with Crippen LogP contribution in [0.1, 0.15) is 26.2 Å². The SMILES string of the molecule is CCSC1CCCC1Nc1cc(Cl)nc(SC)n1. The summed E-state index contributed by atoms with van der Waals surface area (Å²) in [7, 11) is 0. The Kier molecular flexibility index (Phi) is 5.45. The molecule has 1 N–H and O–H groups in total. The molecule has 2 atom stereocenters. The fourth-order valence-electron chi connectivity index (χ4n) is 2.26. The van der Waals surface area contributed by atoms with Crippen LogP contribution >= 0.6 is 35.1 Å². The number of halogens is 1. The average molecular weight is 304 g/mol. The molecule has 0 saturated heterocycles. The number of hydrogen-bond acceptors (Lipinski definition) is 5. The van der Waals surface area contributed by atoms with Crippen LogP contribution in [-0.2, 0) is 0 Å². The summed E-state index contributed by atoms with van der Waals surface area (Å²) in [4.78, 5) is 8.61. The summed E-state index contributed by atoms with van der Waals surface area (Å²) in [6.07, 6.45) is 5.77. The van der Waals surface area contributed by atoms with Crippen molar-refractivity contribution in [2.45, 2.75) is 42.6 Å². The van der Waals surface area contributed by atoms with Crippen molar-refractivity contribution in [3.8, 4) is 0 Å². The highest BCUT2D eigenvalue weighted by atomic mass is 35.5. The lowest BCUT2D eigenvalue weighted by Gasteiger charge is -2.20. The van der Waals surface area contributed by atoms with Gasteiger partial charge in [0.1, 0.15) is 11.0 Å². The van der Waals surface area contributed by atoms with E-state index in [9.17, 15) is 0 Å². The Morgan fingerprint density at radius 2 is 2.28 bits per heavy atom. The van der Waals surface area contributed by atoms with Crippen molar-refractivity contribution in [2.24, 2.45) is 0 Å². The smallest absolute Gasteiger partial charge is 0.190 e. The first-order valence-electron chi connectivity index (χ1n) is 6.19. The Morgan fingerprint density at radius 3 is 3.00 bits per heavy atom. The molecule has 1 aliphatic carbocycles. The van der Waals surface area contributed by atoms with Gasteiger partial charge in [-0.3, -0.25) is 0 Å². The van der Waals surface area contributed by atoms with Gasteiger partial charge in [0.05, 0.1) is 0 Å². The molecule has 2 unspecified atom stereocenters. The third kappa shape index (κ3) is 3.68. The third-order valence-corrected chi connectivity index (χ3v) is 5.09. The molecule has 6 heteroatoms. The molecule has 1 aromatic heterocycles. The van der Waals surface area contributed by atoms with Crippen LogP contribution in [0, 0.1) is 0 Å². The van der Waals surface area contributed by atoms with Gasteiger partial charge in [-0.15, -0.1) is 0 Å². The Hall–Kier alpha value is -0.130. The molecule has 1 saturated carbocycles. The van der Waals surface area contributed by atoms with Crippen LogP contribution in [0.15, 0.2) is 11.2 Å². The molecule has 1 fully saturated rings. The van der Waals surface area contributed by atoms with Gasteiger partial charge in [-0.25, -0.2) is 9.97 Å². The number of nitrogens with one attached hydrogen (secondary N) is 1. The lowest BCUT2D eigenvalue weighted by Crippen LogP contribution is -2.26. The zero-order valence-electron chi connectivity index (χ0n) is 10.6. The molecule has 0 aromatic carbocycles. The number of aromatic nitrogens is 2. The predicted octanol–water partition coefficient (Wildman–Crippen LogP) is 3.94. The molecule has 3 nitrogen and oxygen atoms in total. The van der Waals surface area contributed by atoms with E-state index in [4.69, 9.17) is 11.6 Å². The summed E-state index contributed by atoms with van der Waals surface area (Å²) >= 11 is 9.55. The van der Waals surface area contributed by atoms with Crippen LogP contribution in [0.2, 0.25) is 5.15 Å². The summed E-state index contributed by atoms with van der Waals surface area (Å²) in [6.45, 7) is 2.22. The van der Waals surface area contributed by atoms with Crippen LogP contribution in [0.4, 0.5) is 5.82 Å². The summed E-state index contributed by atoms with van der Waals surface area (Å²) in [5.74, 6) is 2.02. The minimum atomic E-state index is 0.509. The molecule has 1 heterocycles. The van der Waals surface area contributed by atoms with Crippen LogP contribution in [0.25, 0.3) is 0 Å². The predicted molar refractivity (Wildman–Crippen MR) is 82.0 cm³/mol. The fourth-order valence-corrected chi connectivity index (χ4v) is 4.07. The third-order valence-electron chi connectivity index (χ3n) is 3.02. The van der Waals surface area contributed by atoms with Gasteiger partial charge in [-0.1, -0.05) is 36.7 Å². The van der Waals surface area contributed by atoms with E-state index in [1.807, 2.05) is 24.1 Å². The van der Waals surface area contributed by atoms with Gasteiger partial charge in [0.25, 0.3) is 0 Å². The van der Waals surface area contributed by atoms with E-state index >= 15 is 0 Å². The van der Waals surface area contributed by atoms with Gasteiger partial charge >= 0.3 is 0 Å². The molecule has 2 rings (SSSR count). The van der Waals surface area contributed by atoms with E-state index in [0.717, 1.165) is 11.0 Å². The van der Waals surface area contributed by atoms with Gasteiger partial charge in [-0.2, -0.15) is 11.8 Å². The average Bonchev–Trinajstić information content (AvgIpc) is 2.76. The van der Waals surface area contributed by atoms with Crippen molar-refractivity contribution in [2.75, 3.05) is 17.3 Å². The lowest BCUT2D eigenvalue weighted by atomic mass is 10.2. The van der Waals surface area contributed by atoms with E-state index in [1.54, 1.807) is 0 Å².